The smallest absolute Gasteiger partial charge is 0.325 e. The van der Waals surface area contributed by atoms with Crippen molar-refractivity contribution in [2.75, 3.05) is 6.61 Å². The van der Waals surface area contributed by atoms with E-state index in [0.717, 1.165) is 19.4 Å². The molecule has 0 bridgehead atoms. The van der Waals surface area contributed by atoms with Crippen molar-refractivity contribution in [1.29, 1.82) is 0 Å². The van der Waals surface area contributed by atoms with Gasteiger partial charge in [0, 0.05) is 6.61 Å². The fourth-order valence-corrected chi connectivity index (χ4v) is 1.60. The number of carbonyl (C=O) groups excluding carboxylic acids is 1. The van der Waals surface area contributed by atoms with Crippen molar-refractivity contribution in [1.82, 2.24) is 10.6 Å². The molecule has 1 aliphatic rings. The molecule has 0 aromatic carbocycles. The van der Waals surface area contributed by atoms with Gasteiger partial charge in [-0.25, -0.2) is 4.79 Å². The van der Waals surface area contributed by atoms with E-state index < -0.39 is 18.0 Å². The summed E-state index contributed by atoms with van der Waals surface area (Å²) < 4.78 is 5.41. The zero-order valence-electron chi connectivity index (χ0n) is 9.53. The first-order chi connectivity index (χ1) is 7.50. The molecule has 1 heterocycles. The van der Waals surface area contributed by atoms with Crippen LogP contribution in [0.5, 0.6) is 0 Å². The second kappa shape index (κ2) is 5.69. The molecule has 3 unspecified atom stereocenters. The van der Waals surface area contributed by atoms with Crippen LogP contribution in [0.3, 0.4) is 0 Å². The van der Waals surface area contributed by atoms with Crippen LogP contribution in [0.4, 0.5) is 4.79 Å². The second-order valence-electron chi connectivity index (χ2n) is 4.02. The third-order valence-corrected chi connectivity index (χ3v) is 2.60. The first kappa shape index (κ1) is 12.8. The minimum absolute atomic E-state index is 0.0332. The van der Waals surface area contributed by atoms with Crippen LogP contribution < -0.4 is 10.6 Å². The van der Waals surface area contributed by atoms with Gasteiger partial charge in [-0.1, -0.05) is 0 Å². The average Bonchev–Trinajstić information content (AvgIpc) is 2.69. The molecule has 6 nitrogen and oxygen atoms in total. The number of urea groups is 1. The predicted octanol–water partition coefficient (Wildman–Crippen LogP) is 0.326. The Balaban J connectivity index is 2.30. The van der Waals surface area contributed by atoms with E-state index in [1.165, 1.54) is 6.92 Å². The monoisotopic (exact) mass is 230 g/mol. The van der Waals surface area contributed by atoms with Crippen LogP contribution in [0.2, 0.25) is 0 Å². The Hall–Kier alpha value is -1.30. The molecule has 2 amide bonds. The number of carboxylic acid groups (broad SMARTS) is 1. The lowest BCUT2D eigenvalue weighted by atomic mass is 10.1. The van der Waals surface area contributed by atoms with E-state index in [1.807, 2.05) is 6.92 Å². The van der Waals surface area contributed by atoms with Crippen LogP contribution in [0.1, 0.15) is 26.7 Å². The molecule has 16 heavy (non-hydrogen) atoms. The van der Waals surface area contributed by atoms with E-state index in [2.05, 4.69) is 10.6 Å². The van der Waals surface area contributed by atoms with Crippen molar-refractivity contribution in [3.05, 3.63) is 0 Å². The Labute approximate surface area is 94.3 Å². The first-order valence-electron chi connectivity index (χ1n) is 5.42. The Bertz CT molecular complexity index is 264. The molecule has 1 aliphatic heterocycles. The molecule has 92 valence electrons. The third-order valence-electron chi connectivity index (χ3n) is 2.60. The minimum atomic E-state index is -1.06. The Kier molecular flexibility index (Phi) is 4.54. The lowest BCUT2D eigenvalue weighted by Gasteiger charge is -2.21. The topological polar surface area (TPSA) is 87.7 Å². The Morgan fingerprint density at radius 3 is 2.56 bits per heavy atom. The second-order valence-corrected chi connectivity index (χ2v) is 4.02. The van der Waals surface area contributed by atoms with Crippen LogP contribution in [0.15, 0.2) is 0 Å². The van der Waals surface area contributed by atoms with Gasteiger partial charge in [0.1, 0.15) is 6.04 Å². The number of ether oxygens (including phenoxy) is 1. The SMILES string of the molecule is CC(NC(=O)NC(C)C1CCCO1)C(=O)O. The summed E-state index contributed by atoms with van der Waals surface area (Å²) in [4.78, 5) is 21.9. The maximum Gasteiger partial charge on any atom is 0.325 e. The molecule has 3 atom stereocenters. The van der Waals surface area contributed by atoms with E-state index in [1.54, 1.807) is 0 Å². The molecular weight excluding hydrogens is 212 g/mol. The molecular formula is C10H18N2O4. The van der Waals surface area contributed by atoms with Gasteiger partial charge in [0.05, 0.1) is 12.1 Å². The summed E-state index contributed by atoms with van der Waals surface area (Å²) in [5, 5.41) is 13.6. The third kappa shape index (κ3) is 3.69. The fraction of sp³-hybridized carbons (Fsp3) is 0.800. The highest BCUT2D eigenvalue weighted by Crippen LogP contribution is 2.15. The molecule has 1 rings (SSSR count). The van der Waals surface area contributed by atoms with E-state index in [9.17, 15) is 9.59 Å². The number of nitrogens with one attached hydrogen (secondary N) is 2. The van der Waals surface area contributed by atoms with Crippen LogP contribution >= 0.6 is 0 Å². The molecule has 0 aromatic rings. The van der Waals surface area contributed by atoms with Gasteiger partial charge in [-0.05, 0) is 26.7 Å². The number of rotatable bonds is 4. The van der Waals surface area contributed by atoms with Gasteiger partial charge in [0.25, 0.3) is 0 Å². The van der Waals surface area contributed by atoms with Gasteiger partial charge in [-0.15, -0.1) is 0 Å². The maximum atomic E-state index is 11.4. The lowest BCUT2D eigenvalue weighted by Crippen LogP contribution is -2.50. The van der Waals surface area contributed by atoms with Crippen molar-refractivity contribution in [2.24, 2.45) is 0 Å². The molecule has 0 saturated carbocycles. The molecule has 0 spiro atoms. The first-order valence-corrected chi connectivity index (χ1v) is 5.42. The van der Waals surface area contributed by atoms with Gasteiger partial charge in [-0.3, -0.25) is 4.79 Å². The van der Waals surface area contributed by atoms with Crippen molar-refractivity contribution in [2.45, 2.75) is 44.9 Å². The van der Waals surface area contributed by atoms with Crippen LogP contribution in [-0.4, -0.2) is 41.9 Å². The summed E-state index contributed by atoms with van der Waals surface area (Å²) in [7, 11) is 0. The van der Waals surface area contributed by atoms with E-state index >= 15 is 0 Å². The maximum absolute atomic E-state index is 11.4. The number of carboxylic acids is 1. The van der Waals surface area contributed by atoms with Crippen molar-refractivity contribution in [3.8, 4) is 0 Å². The minimum Gasteiger partial charge on any atom is -0.480 e. The summed E-state index contributed by atoms with van der Waals surface area (Å²) in [6, 6.07) is -1.47. The van der Waals surface area contributed by atoms with Crippen LogP contribution in [0.25, 0.3) is 0 Å². The molecule has 0 radical (unpaired) electrons. The zero-order chi connectivity index (χ0) is 12.1. The number of hydrogen-bond donors (Lipinski definition) is 3. The predicted molar refractivity (Wildman–Crippen MR) is 57.2 cm³/mol. The molecule has 1 saturated heterocycles. The highest BCUT2D eigenvalue weighted by molar-refractivity contribution is 5.82. The summed E-state index contributed by atoms with van der Waals surface area (Å²) in [6.45, 7) is 3.99. The Morgan fingerprint density at radius 1 is 1.38 bits per heavy atom. The summed E-state index contributed by atoms with van der Waals surface area (Å²) in [6.07, 6.45) is 1.96. The number of carbonyl (C=O) groups is 2. The molecule has 3 N–H and O–H groups in total. The number of aliphatic carboxylic acids is 1. The fourth-order valence-electron chi connectivity index (χ4n) is 1.60. The van der Waals surface area contributed by atoms with Gasteiger partial charge < -0.3 is 20.5 Å². The van der Waals surface area contributed by atoms with Crippen LogP contribution in [0, 0.1) is 0 Å². The lowest BCUT2D eigenvalue weighted by molar-refractivity contribution is -0.138. The largest absolute Gasteiger partial charge is 0.480 e. The van der Waals surface area contributed by atoms with Crippen molar-refractivity contribution in [3.63, 3.8) is 0 Å². The summed E-state index contributed by atoms with van der Waals surface area (Å²) in [5.41, 5.74) is 0. The highest BCUT2D eigenvalue weighted by atomic mass is 16.5. The molecule has 6 heteroatoms. The van der Waals surface area contributed by atoms with Crippen molar-refractivity contribution < 1.29 is 19.4 Å². The van der Waals surface area contributed by atoms with E-state index in [0.29, 0.717) is 0 Å². The van der Waals surface area contributed by atoms with E-state index in [-0.39, 0.29) is 12.1 Å². The highest BCUT2D eigenvalue weighted by Gasteiger charge is 2.24. The normalized spacial score (nSPS) is 23.5. The quantitative estimate of drug-likeness (QED) is 0.649. The van der Waals surface area contributed by atoms with Gasteiger partial charge in [-0.2, -0.15) is 0 Å². The van der Waals surface area contributed by atoms with E-state index in [4.69, 9.17) is 9.84 Å². The van der Waals surface area contributed by atoms with Crippen LogP contribution in [-0.2, 0) is 9.53 Å². The summed E-state index contributed by atoms with van der Waals surface area (Å²) >= 11 is 0. The number of hydrogen-bond acceptors (Lipinski definition) is 3. The van der Waals surface area contributed by atoms with Crippen molar-refractivity contribution >= 4 is 12.0 Å². The van der Waals surface area contributed by atoms with Gasteiger partial charge >= 0.3 is 12.0 Å². The zero-order valence-corrected chi connectivity index (χ0v) is 9.53. The molecule has 1 fully saturated rings. The molecule has 0 aliphatic carbocycles. The molecule has 0 aromatic heterocycles. The standard InChI is InChI=1S/C10H18N2O4/c1-6(8-4-3-5-16-8)11-10(15)12-7(2)9(13)14/h6-8H,3-5H2,1-2H3,(H,13,14)(H2,11,12,15). The van der Waals surface area contributed by atoms with Gasteiger partial charge in [0.2, 0.25) is 0 Å². The van der Waals surface area contributed by atoms with Gasteiger partial charge in [0.15, 0.2) is 0 Å². The average molecular weight is 230 g/mol. The summed E-state index contributed by atoms with van der Waals surface area (Å²) in [5.74, 6) is -1.06. The number of amides is 2. The Morgan fingerprint density at radius 2 is 2.06 bits per heavy atom.